The molecule has 0 spiro atoms. The fourth-order valence-electron chi connectivity index (χ4n) is 10.1. The number of fused-ring (bicyclic) bond motifs is 12. The summed E-state index contributed by atoms with van der Waals surface area (Å²) in [7, 11) is 0. The fraction of sp³-hybridized carbons (Fsp3) is 0.0526. The molecule has 58 heavy (non-hydrogen) atoms. The quantitative estimate of drug-likeness (QED) is 0.159. The van der Waals surface area contributed by atoms with E-state index in [-0.39, 0.29) is 5.41 Å². The second kappa shape index (κ2) is 12.4. The van der Waals surface area contributed by atoms with Crippen LogP contribution < -0.4 is 0 Å². The van der Waals surface area contributed by atoms with Gasteiger partial charge in [-0.25, -0.2) is 0 Å². The first kappa shape index (κ1) is 33.0. The number of aromatic nitrogens is 1. The van der Waals surface area contributed by atoms with E-state index in [9.17, 15) is 0 Å². The number of nitrogens with zero attached hydrogens (tertiary/aromatic N) is 1. The lowest BCUT2D eigenvalue weighted by Crippen LogP contribution is -2.15. The SMILES string of the molecule is CC1(C)c2cc(-c3cc(-c4ccccc4)cc(-c4ccccc4)c3)ccc2-c2cc3c4ccccc4n(-c4ccc5c6ccccc6c6ccccc6c5c4)c3cc21. The van der Waals surface area contributed by atoms with Crippen molar-refractivity contribution >= 4 is 54.1 Å². The first-order valence-electron chi connectivity index (χ1n) is 20.3. The van der Waals surface area contributed by atoms with Crippen LogP contribution in [-0.4, -0.2) is 4.57 Å². The Hall–Kier alpha value is -7.22. The van der Waals surface area contributed by atoms with Gasteiger partial charge in [0.2, 0.25) is 0 Å². The number of hydrogen-bond acceptors (Lipinski definition) is 0. The molecule has 0 fully saturated rings. The molecule has 1 aliphatic rings. The Balaban J connectivity index is 1.04. The standard InChI is InChI=1S/C57H39N/c1-57(2)53-32-38(41-30-39(36-15-5-3-6-16-36)29-40(31-41)37-17-7-4-8-18-37)25-27-48(53)51-34-52-49-23-13-14-24-55(49)58(56(52)35-54(51)57)42-26-28-47-45-21-10-9-19-43(45)44-20-11-12-22-46(44)50(47)33-42/h3-35H,1-2H3. The maximum absolute atomic E-state index is 2.50. The van der Waals surface area contributed by atoms with Gasteiger partial charge in [-0.15, -0.1) is 0 Å². The van der Waals surface area contributed by atoms with Crippen LogP contribution in [0.3, 0.4) is 0 Å². The minimum Gasteiger partial charge on any atom is -0.309 e. The predicted molar refractivity (Wildman–Crippen MR) is 247 cm³/mol. The largest absolute Gasteiger partial charge is 0.309 e. The molecule has 0 amide bonds. The molecule has 11 aromatic rings. The summed E-state index contributed by atoms with van der Waals surface area (Å²) >= 11 is 0. The van der Waals surface area contributed by atoms with Crippen LogP contribution in [0.1, 0.15) is 25.0 Å². The lowest BCUT2D eigenvalue weighted by Gasteiger charge is -2.22. The van der Waals surface area contributed by atoms with E-state index in [4.69, 9.17) is 0 Å². The van der Waals surface area contributed by atoms with E-state index < -0.39 is 0 Å². The van der Waals surface area contributed by atoms with Crippen molar-refractivity contribution in [1.29, 1.82) is 0 Å². The molecule has 272 valence electrons. The lowest BCUT2D eigenvalue weighted by molar-refractivity contribution is 0.661. The van der Waals surface area contributed by atoms with E-state index in [0.29, 0.717) is 0 Å². The number of para-hydroxylation sites is 1. The van der Waals surface area contributed by atoms with Gasteiger partial charge < -0.3 is 4.57 Å². The zero-order valence-electron chi connectivity index (χ0n) is 32.5. The van der Waals surface area contributed by atoms with Crippen molar-refractivity contribution in [1.82, 2.24) is 4.57 Å². The Morgan fingerprint density at radius 3 is 1.41 bits per heavy atom. The molecular formula is C57H39N. The average Bonchev–Trinajstić information content (AvgIpc) is 3.73. The van der Waals surface area contributed by atoms with Crippen molar-refractivity contribution in [2.45, 2.75) is 19.3 Å². The molecule has 12 rings (SSSR count). The maximum Gasteiger partial charge on any atom is 0.0544 e. The summed E-state index contributed by atoms with van der Waals surface area (Å²) in [5.41, 5.74) is 16.2. The van der Waals surface area contributed by atoms with Crippen molar-refractivity contribution < 1.29 is 0 Å². The number of hydrogen-bond donors (Lipinski definition) is 0. The zero-order chi connectivity index (χ0) is 38.5. The third-order valence-electron chi connectivity index (χ3n) is 12.9. The predicted octanol–water partition coefficient (Wildman–Crippen LogP) is 15.6. The molecule has 0 N–H and O–H groups in total. The summed E-state index contributed by atoms with van der Waals surface area (Å²) in [6, 6.07) is 74.4. The number of rotatable bonds is 4. The van der Waals surface area contributed by atoms with E-state index in [1.54, 1.807) is 0 Å². The third-order valence-corrected chi connectivity index (χ3v) is 12.9. The Morgan fingerprint density at radius 1 is 0.293 bits per heavy atom. The van der Waals surface area contributed by atoms with Crippen molar-refractivity contribution in [3.8, 4) is 50.2 Å². The van der Waals surface area contributed by atoms with Gasteiger partial charge in [0.1, 0.15) is 0 Å². The molecule has 0 aliphatic heterocycles. The molecule has 0 saturated heterocycles. The summed E-state index contributed by atoms with van der Waals surface area (Å²) < 4.78 is 2.50. The van der Waals surface area contributed by atoms with Gasteiger partial charge in [0.15, 0.2) is 0 Å². The molecule has 0 bridgehead atoms. The summed E-state index contributed by atoms with van der Waals surface area (Å²) in [6.07, 6.45) is 0. The molecule has 1 heteroatoms. The maximum atomic E-state index is 2.50. The topological polar surface area (TPSA) is 4.93 Å². The molecule has 10 aromatic carbocycles. The van der Waals surface area contributed by atoms with Crippen LogP contribution in [0.5, 0.6) is 0 Å². The van der Waals surface area contributed by atoms with Crippen molar-refractivity contribution in [3.05, 3.63) is 211 Å². The minimum atomic E-state index is -0.200. The molecule has 1 aliphatic carbocycles. The smallest absolute Gasteiger partial charge is 0.0544 e. The summed E-state index contributed by atoms with van der Waals surface area (Å²) in [6.45, 7) is 4.81. The fourth-order valence-corrected chi connectivity index (χ4v) is 10.1. The Morgan fingerprint density at radius 2 is 0.793 bits per heavy atom. The van der Waals surface area contributed by atoms with Crippen LogP contribution in [-0.2, 0) is 5.41 Å². The lowest BCUT2D eigenvalue weighted by atomic mass is 9.81. The molecular weight excluding hydrogens is 699 g/mol. The Kier molecular flexibility index (Phi) is 7.04. The van der Waals surface area contributed by atoms with Crippen LogP contribution in [0.25, 0.3) is 104 Å². The van der Waals surface area contributed by atoms with Crippen LogP contribution in [0.2, 0.25) is 0 Å². The van der Waals surface area contributed by atoms with Gasteiger partial charge in [-0.05, 0) is 143 Å². The Labute approximate surface area is 338 Å². The van der Waals surface area contributed by atoms with Gasteiger partial charge in [0.25, 0.3) is 0 Å². The van der Waals surface area contributed by atoms with E-state index in [1.165, 1.54) is 115 Å². The zero-order valence-corrected chi connectivity index (χ0v) is 32.5. The second-order valence-electron chi connectivity index (χ2n) is 16.5. The monoisotopic (exact) mass is 737 g/mol. The first-order valence-corrected chi connectivity index (χ1v) is 20.3. The van der Waals surface area contributed by atoms with Crippen molar-refractivity contribution in [2.24, 2.45) is 0 Å². The molecule has 0 radical (unpaired) electrons. The first-order chi connectivity index (χ1) is 28.5. The minimum absolute atomic E-state index is 0.200. The van der Waals surface area contributed by atoms with Gasteiger partial charge >= 0.3 is 0 Å². The third kappa shape index (κ3) is 4.83. The Bertz CT molecular complexity index is 3360. The van der Waals surface area contributed by atoms with E-state index in [1.807, 2.05) is 0 Å². The van der Waals surface area contributed by atoms with Crippen LogP contribution in [0.4, 0.5) is 0 Å². The van der Waals surface area contributed by atoms with E-state index >= 15 is 0 Å². The van der Waals surface area contributed by atoms with Gasteiger partial charge in [0.05, 0.1) is 11.0 Å². The van der Waals surface area contributed by atoms with Gasteiger partial charge in [-0.2, -0.15) is 0 Å². The summed E-state index contributed by atoms with van der Waals surface area (Å²) in [4.78, 5) is 0. The molecule has 0 atom stereocenters. The molecule has 1 nitrogen and oxygen atoms in total. The highest BCUT2D eigenvalue weighted by atomic mass is 15.0. The molecule has 0 saturated carbocycles. The normalized spacial score (nSPS) is 13.1. The van der Waals surface area contributed by atoms with E-state index in [2.05, 4.69) is 219 Å². The van der Waals surface area contributed by atoms with Crippen LogP contribution in [0.15, 0.2) is 200 Å². The molecule has 0 unspecified atom stereocenters. The highest BCUT2D eigenvalue weighted by Crippen LogP contribution is 2.52. The van der Waals surface area contributed by atoms with Crippen LogP contribution in [0, 0.1) is 0 Å². The van der Waals surface area contributed by atoms with Crippen molar-refractivity contribution in [2.75, 3.05) is 0 Å². The summed E-state index contributed by atoms with van der Waals surface area (Å²) in [5, 5.41) is 10.3. The van der Waals surface area contributed by atoms with Gasteiger partial charge in [-0.1, -0.05) is 159 Å². The van der Waals surface area contributed by atoms with E-state index in [0.717, 1.165) is 0 Å². The summed E-state index contributed by atoms with van der Waals surface area (Å²) in [5.74, 6) is 0. The molecule has 1 heterocycles. The van der Waals surface area contributed by atoms with Crippen LogP contribution >= 0.6 is 0 Å². The van der Waals surface area contributed by atoms with Gasteiger partial charge in [-0.3, -0.25) is 0 Å². The highest BCUT2D eigenvalue weighted by Gasteiger charge is 2.37. The van der Waals surface area contributed by atoms with Gasteiger partial charge in [0, 0.05) is 21.9 Å². The molecule has 1 aromatic heterocycles. The average molecular weight is 738 g/mol. The number of benzene rings is 10. The van der Waals surface area contributed by atoms with Crippen molar-refractivity contribution in [3.63, 3.8) is 0 Å². The second-order valence-corrected chi connectivity index (χ2v) is 16.5. The highest BCUT2D eigenvalue weighted by molar-refractivity contribution is 6.25.